The Morgan fingerprint density at radius 3 is 1.26 bits per heavy atom. The second kappa shape index (κ2) is 9.15. The summed E-state index contributed by atoms with van der Waals surface area (Å²) in [5, 5.41) is 0. The Hall–Kier alpha value is -2.17. The molecule has 0 fully saturated rings. The summed E-state index contributed by atoms with van der Waals surface area (Å²) in [7, 11) is 0. The minimum absolute atomic E-state index is 0. The molecule has 4 aromatic rings. The quantitative estimate of drug-likeness (QED) is 0.227. The molecule has 0 amide bonds. The first-order chi connectivity index (χ1) is 12.9. The molecule has 0 radical (unpaired) electrons. The number of thioether (sulfide) groups is 1. The van der Waals surface area contributed by atoms with Crippen LogP contribution < -0.4 is 18.9 Å². The maximum absolute atomic E-state index is 3.12. The summed E-state index contributed by atoms with van der Waals surface area (Å²) in [6.45, 7) is 0. The van der Waals surface area contributed by atoms with Crippen LogP contribution in [0.4, 0.5) is 0 Å². The van der Waals surface area contributed by atoms with E-state index < -0.39 is 0 Å². The molecular weight excluding hydrogens is 339 g/mol. The van der Waals surface area contributed by atoms with Gasteiger partial charge in [-0.05, 0) is 16.7 Å². The fraction of sp³-hybridized carbons (Fsp3) is 0.0400. The fourth-order valence-electron chi connectivity index (χ4n) is 3.31. The van der Waals surface area contributed by atoms with Gasteiger partial charge in [-0.15, -0.1) is 16.7 Å². The molecule has 0 saturated carbocycles. The topological polar surface area (TPSA) is 0 Å². The van der Waals surface area contributed by atoms with Gasteiger partial charge in [0.15, 0.2) is 0 Å². The predicted octanol–water partition coefficient (Wildman–Crippen LogP) is 3.57. The SMILES string of the molecule is [Li+].[c-]1ccc(SC(c2ccccc2)(c2ccccc2)c2ccccc2)cc1. The Morgan fingerprint density at radius 1 is 0.519 bits per heavy atom. The van der Waals surface area contributed by atoms with Crippen LogP contribution in [0.5, 0.6) is 0 Å². The van der Waals surface area contributed by atoms with Gasteiger partial charge in [0.25, 0.3) is 0 Å². The largest absolute Gasteiger partial charge is 1.00 e. The standard InChI is InChI=1S/C25H19S.Li/c1-5-13-21(14-6-1)25(22-15-7-2-8-16-22,23-17-9-3-10-18-23)26-24-19-11-4-12-20-24;/h1-3,5-20H;/q-1;+1. The van der Waals surface area contributed by atoms with E-state index in [9.17, 15) is 0 Å². The van der Waals surface area contributed by atoms with Crippen LogP contribution in [-0.2, 0) is 4.75 Å². The predicted molar refractivity (Wildman–Crippen MR) is 110 cm³/mol. The molecule has 126 valence electrons. The molecule has 0 saturated heterocycles. The normalized spacial score (nSPS) is 10.8. The summed E-state index contributed by atoms with van der Waals surface area (Å²) in [5.41, 5.74) is 3.82. The Balaban J connectivity index is 0.00000210. The maximum Gasteiger partial charge on any atom is 1.00 e. The van der Waals surface area contributed by atoms with Crippen LogP contribution in [0.1, 0.15) is 16.7 Å². The van der Waals surface area contributed by atoms with Crippen molar-refractivity contribution in [3.63, 3.8) is 0 Å². The Morgan fingerprint density at radius 2 is 0.889 bits per heavy atom. The van der Waals surface area contributed by atoms with E-state index in [0.29, 0.717) is 0 Å². The average Bonchev–Trinajstić information content (AvgIpc) is 2.75. The second-order valence-corrected chi connectivity index (χ2v) is 7.40. The van der Waals surface area contributed by atoms with Crippen molar-refractivity contribution >= 4 is 11.8 Å². The molecule has 4 rings (SSSR count). The van der Waals surface area contributed by atoms with Crippen LogP contribution in [0.15, 0.2) is 120 Å². The van der Waals surface area contributed by atoms with E-state index >= 15 is 0 Å². The summed E-state index contributed by atoms with van der Waals surface area (Å²) >= 11 is 1.88. The zero-order valence-corrected chi connectivity index (χ0v) is 16.2. The molecule has 0 aromatic heterocycles. The van der Waals surface area contributed by atoms with Gasteiger partial charge >= 0.3 is 18.9 Å². The Bertz CT molecular complexity index is 842. The number of rotatable bonds is 5. The van der Waals surface area contributed by atoms with Crippen molar-refractivity contribution < 1.29 is 18.9 Å². The molecule has 0 aliphatic heterocycles. The van der Waals surface area contributed by atoms with Gasteiger partial charge in [0.05, 0.1) is 4.75 Å². The maximum atomic E-state index is 3.12. The summed E-state index contributed by atoms with van der Waals surface area (Å²) in [6.07, 6.45) is 0. The molecule has 0 nitrogen and oxygen atoms in total. The van der Waals surface area contributed by atoms with Gasteiger partial charge in [0, 0.05) is 0 Å². The molecule has 2 heteroatoms. The third-order valence-electron chi connectivity index (χ3n) is 4.50. The Kier molecular flexibility index (Phi) is 6.64. The number of hydrogen-bond donors (Lipinski definition) is 0. The monoisotopic (exact) mass is 358 g/mol. The van der Waals surface area contributed by atoms with Crippen molar-refractivity contribution in [3.05, 3.63) is 138 Å². The summed E-state index contributed by atoms with van der Waals surface area (Å²) in [4.78, 5) is 1.22. The van der Waals surface area contributed by atoms with Crippen molar-refractivity contribution in [1.82, 2.24) is 0 Å². The molecule has 0 bridgehead atoms. The molecule has 0 unspecified atom stereocenters. The molecule has 0 atom stereocenters. The van der Waals surface area contributed by atoms with Crippen molar-refractivity contribution in [1.29, 1.82) is 0 Å². The molecule has 27 heavy (non-hydrogen) atoms. The van der Waals surface area contributed by atoms with Gasteiger partial charge in [-0.2, -0.15) is 30.3 Å². The molecule has 0 spiro atoms. The van der Waals surface area contributed by atoms with Crippen molar-refractivity contribution in [2.45, 2.75) is 9.64 Å². The second-order valence-electron chi connectivity index (χ2n) is 6.12. The van der Waals surface area contributed by atoms with E-state index in [1.807, 2.05) is 23.9 Å². The molecule has 0 heterocycles. The van der Waals surface area contributed by atoms with E-state index in [0.717, 1.165) is 0 Å². The molecule has 0 aliphatic rings. The van der Waals surface area contributed by atoms with Gasteiger partial charge in [-0.3, -0.25) is 0 Å². The first kappa shape index (κ1) is 19.6. The van der Waals surface area contributed by atoms with E-state index in [1.54, 1.807) is 0 Å². The van der Waals surface area contributed by atoms with Gasteiger partial charge in [0.1, 0.15) is 0 Å². The van der Waals surface area contributed by atoms with E-state index in [4.69, 9.17) is 0 Å². The van der Waals surface area contributed by atoms with Crippen molar-refractivity contribution in [3.8, 4) is 0 Å². The zero-order chi connectivity index (χ0) is 17.7. The fourth-order valence-corrected chi connectivity index (χ4v) is 4.70. The summed E-state index contributed by atoms with van der Waals surface area (Å²) < 4.78 is -0.314. The van der Waals surface area contributed by atoms with Crippen LogP contribution in [0.3, 0.4) is 0 Å². The zero-order valence-electron chi connectivity index (χ0n) is 15.4. The van der Waals surface area contributed by atoms with Crippen LogP contribution in [0, 0.1) is 6.07 Å². The average molecular weight is 358 g/mol. The summed E-state index contributed by atoms with van der Waals surface area (Å²) in [5.74, 6) is 0. The third kappa shape index (κ3) is 4.07. The van der Waals surface area contributed by atoms with Crippen molar-refractivity contribution in [2.75, 3.05) is 0 Å². The number of hydrogen-bond acceptors (Lipinski definition) is 1. The Labute approximate surface area is 177 Å². The van der Waals surface area contributed by atoms with E-state index in [-0.39, 0.29) is 23.6 Å². The third-order valence-corrected chi connectivity index (χ3v) is 6.02. The minimum Gasteiger partial charge on any atom is -0.184 e. The van der Waals surface area contributed by atoms with Crippen LogP contribution in [0.25, 0.3) is 0 Å². The van der Waals surface area contributed by atoms with Crippen LogP contribution in [-0.4, -0.2) is 0 Å². The molecule has 0 N–H and O–H groups in total. The van der Waals surface area contributed by atoms with Gasteiger partial charge < -0.3 is 0 Å². The molecule has 4 aromatic carbocycles. The van der Waals surface area contributed by atoms with E-state index in [2.05, 4.69) is 109 Å². The van der Waals surface area contributed by atoms with Crippen molar-refractivity contribution in [2.24, 2.45) is 0 Å². The first-order valence-electron chi connectivity index (χ1n) is 8.71. The van der Waals surface area contributed by atoms with E-state index in [1.165, 1.54) is 21.6 Å². The van der Waals surface area contributed by atoms with Crippen LogP contribution in [0.2, 0.25) is 0 Å². The smallest absolute Gasteiger partial charge is 0.184 e. The summed E-state index contributed by atoms with van der Waals surface area (Å²) in [6, 6.07) is 43.6. The minimum atomic E-state index is -0.314. The molecule has 0 aliphatic carbocycles. The van der Waals surface area contributed by atoms with Gasteiger partial charge in [-0.1, -0.05) is 91.0 Å². The van der Waals surface area contributed by atoms with Gasteiger partial charge in [-0.25, -0.2) is 0 Å². The first-order valence-corrected chi connectivity index (χ1v) is 9.53. The van der Waals surface area contributed by atoms with Crippen LogP contribution >= 0.6 is 11.8 Å². The number of benzene rings is 4. The van der Waals surface area contributed by atoms with Gasteiger partial charge in [0.2, 0.25) is 0 Å². The molecular formula is C25H19LiS.